The van der Waals surface area contributed by atoms with Crippen LogP contribution in [0, 0.1) is 0 Å². The van der Waals surface area contributed by atoms with E-state index in [1.165, 1.54) is 0 Å². The van der Waals surface area contributed by atoms with Crippen molar-refractivity contribution in [1.29, 1.82) is 0 Å². The molecular weight excluding hydrogens is 254 g/mol. The molecule has 2 atom stereocenters. The van der Waals surface area contributed by atoms with Crippen molar-refractivity contribution in [1.82, 2.24) is 5.32 Å². The summed E-state index contributed by atoms with van der Waals surface area (Å²) in [5.41, 5.74) is 1.14. The fraction of sp³-hybridized carbons (Fsp3) is 0.375. The SMILES string of the molecule is COc1ccc(C(C)NC(C)c2ccco2)cc1OC. The minimum absolute atomic E-state index is 0.146. The monoisotopic (exact) mass is 275 g/mol. The lowest BCUT2D eigenvalue weighted by Crippen LogP contribution is -2.22. The first-order valence-corrected chi connectivity index (χ1v) is 6.67. The Kier molecular flexibility index (Phi) is 4.69. The maximum absolute atomic E-state index is 5.41. The van der Waals surface area contributed by atoms with Gasteiger partial charge in [-0.25, -0.2) is 0 Å². The van der Waals surface area contributed by atoms with E-state index in [-0.39, 0.29) is 12.1 Å². The molecule has 2 aromatic rings. The van der Waals surface area contributed by atoms with Crippen LogP contribution in [0.1, 0.15) is 37.3 Å². The van der Waals surface area contributed by atoms with Crippen LogP contribution in [0.4, 0.5) is 0 Å². The Balaban J connectivity index is 2.11. The summed E-state index contributed by atoms with van der Waals surface area (Å²) in [4.78, 5) is 0. The highest BCUT2D eigenvalue weighted by Gasteiger charge is 2.14. The third-order valence-electron chi connectivity index (χ3n) is 3.38. The molecule has 108 valence electrons. The number of rotatable bonds is 6. The van der Waals surface area contributed by atoms with E-state index in [0.29, 0.717) is 0 Å². The van der Waals surface area contributed by atoms with Gasteiger partial charge in [0.25, 0.3) is 0 Å². The van der Waals surface area contributed by atoms with Crippen LogP contribution in [-0.2, 0) is 0 Å². The summed E-state index contributed by atoms with van der Waals surface area (Å²) < 4.78 is 16.0. The molecule has 4 nitrogen and oxygen atoms in total. The van der Waals surface area contributed by atoms with E-state index in [0.717, 1.165) is 22.8 Å². The van der Waals surface area contributed by atoms with E-state index < -0.39 is 0 Å². The minimum atomic E-state index is 0.146. The second kappa shape index (κ2) is 6.48. The molecule has 0 aliphatic rings. The van der Waals surface area contributed by atoms with Gasteiger partial charge in [0, 0.05) is 6.04 Å². The zero-order valence-electron chi connectivity index (χ0n) is 12.3. The Morgan fingerprint density at radius 3 is 2.35 bits per heavy atom. The quantitative estimate of drug-likeness (QED) is 0.872. The molecule has 1 aromatic heterocycles. The molecule has 1 aromatic carbocycles. The van der Waals surface area contributed by atoms with Crippen LogP contribution in [0.3, 0.4) is 0 Å². The molecule has 1 heterocycles. The van der Waals surface area contributed by atoms with Crippen LogP contribution in [-0.4, -0.2) is 14.2 Å². The van der Waals surface area contributed by atoms with E-state index in [9.17, 15) is 0 Å². The molecule has 2 rings (SSSR count). The summed E-state index contributed by atoms with van der Waals surface area (Å²) in [7, 11) is 3.28. The predicted octanol–water partition coefficient (Wildman–Crippen LogP) is 3.71. The van der Waals surface area contributed by atoms with Gasteiger partial charge >= 0.3 is 0 Å². The fourth-order valence-electron chi connectivity index (χ4n) is 2.21. The molecule has 0 bridgehead atoms. The molecule has 1 N–H and O–H groups in total. The molecule has 2 unspecified atom stereocenters. The molecule has 0 radical (unpaired) electrons. The Morgan fingerprint density at radius 1 is 1.00 bits per heavy atom. The Morgan fingerprint density at radius 2 is 1.75 bits per heavy atom. The number of ether oxygens (including phenoxy) is 2. The molecule has 20 heavy (non-hydrogen) atoms. The molecule has 0 saturated heterocycles. The van der Waals surface area contributed by atoms with Crippen molar-refractivity contribution in [2.45, 2.75) is 25.9 Å². The lowest BCUT2D eigenvalue weighted by Gasteiger charge is -2.20. The average molecular weight is 275 g/mol. The summed E-state index contributed by atoms with van der Waals surface area (Å²) in [6.07, 6.45) is 1.69. The summed E-state index contributed by atoms with van der Waals surface area (Å²) in [5.74, 6) is 2.41. The number of methoxy groups -OCH3 is 2. The van der Waals surface area contributed by atoms with Crippen molar-refractivity contribution in [3.8, 4) is 11.5 Å². The van der Waals surface area contributed by atoms with Gasteiger partial charge in [-0.3, -0.25) is 0 Å². The van der Waals surface area contributed by atoms with Gasteiger partial charge in [-0.2, -0.15) is 0 Å². The first kappa shape index (κ1) is 14.5. The summed E-state index contributed by atoms with van der Waals surface area (Å²) >= 11 is 0. The highest BCUT2D eigenvalue weighted by molar-refractivity contribution is 5.43. The van der Waals surface area contributed by atoms with Gasteiger partial charge in [-0.05, 0) is 43.7 Å². The fourth-order valence-corrected chi connectivity index (χ4v) is 2.21. The van der Waals surface area contributed by atoms with Gasteiger partial charge in [0.05, 0.1) is 26.5 Å². The Hall–Kier alpha value is -1.94. The maximum atomic E-state index is 5.41. The lowest BCUT2D eigenvalue weighted by molar-refractivity contribution is 0.353. The van der Waals surface area contributed by atoms with Crippen LogP contribution in [0.5, 0.6) is 11.5 Å². The van der Waals surface area contributed by atoms with Gasteiger partial charge in [0.15, 0.2) is 11.5 Å². The van der Waals surface area contributed by atoms with E-state index in [4.69, 9.17) is 13.9 Å². The van der Waals surface area contributed by atoms with E-state index in [1.807, 2.05) is 30.3 Å². The van der Waals surface area contributed by atoms with Crippen LogP contribution in [0.15, 0.2) is 41.0 Å². The van der Waals surface area contributed by atoms with Crippen molar-refractivity contribution in [3.05, 3.63) is 47.9 Å². The van der Waals surface area contributed by atoms with Gasteiger partial charge in [0.2, 0.25) is 0 Å². The molecular formula is C16H21NO3. The average Bonchev–Trinajstić information content (AvgIpc) is 3.00. The summed E-state index contributed by atoms with van der Waals surface area (Å²) in [6.45, 7) is 4.19. The zero-order valence-corrected chi connectivity index (χ0v) is 12.3. The zero-order chi connectivity index (χ0) is 14.5. The largest absolute Gasteiger partial charge is 0.493 e. The van der Waals surface area contributed by atoms with Crippen LogP contribution >= 0.6 is 0 Å². The molecule has 0 amide bonds. The third-order valence-corrected chi connectivity index (χ3v) is 3.38. The number of benzene rings is 1. The van der Waals surface area contributed by atoms with Crippen molar-refractivity contribution in [3.63, 3.8) is 0 Å². The standard InChI is InChI=1S/C16H21NO3/c1-11(17-12(2)14-6-5-9-20-14)13-7-8-15(18-3)16(10-13)19-4/h5-12,17H,1-4H3. The number of hydrogen-bond acceptors (Lipinski definition) is 4. The van der Waals surface area contributed by atoms with E-state index >= 15 is 0 Å². The predicted molar refractivity (Wildman–Crippen MR) is 78.2 cm³/mol. The van der Waals surface area contributed by atoms with E-state index in [2.05, 4.69) is 19.2 Å². The Bertz CT molecular complexity index is 537. The van der Waals surface area contributed by atoms with Crippen molar-refractivity contribution in [2.24, 2.45) is 0 Å². The smallest absolute Gasteiger partial charge is 0.161 e. The van der Waals surface area contributed by atoms with Gasteiger partial charge in [-0.15, -0.1) is 0 Å². The first-order valence-electron chi connectivity index (χ1n) is 6.67. The van der Waals surface area contributed by atoms with Crippen LogP contribution in [0.25, 0.3) is 0 Å². The molecule has 0 fully saturated rings. The molecule has 0 aliphatic carbocycles. The molecule has 0 aliphatic heterocycles. The number of furan rings is 1. The second-order valence-electron chi connectivity index (χ2n) is 4.74. The minimum Gasteiger partial charge on any atom is -0.493 e. The van der Waals surface area contributed by atoms with Gasteiger partial charge in [-0.1, -0.05) is 6.07 Å². The molecule has 0 saturated carbocycles. The van der Waals surface area contributed by atoms with Crippen LogP contribution < -0.4 is 14.8 Å². The first-order chi connectivity index (χ1) is 9.65. The number of nitrogens with one attached hydrogen (secondary N) is 1. The molecule has 4 heteroatoms. The summed E-state index contributed by atoms with van der Waals surface area (Å²) in [5, 5.41) is 3.50. The van der Waals surface area contributed by atoms with Gasteiger partial charge in [0.1, 0.15) is 5.76 Å². The van der Waals surface area contributed by atoms with Crippen molar-refractivity contribution in [2.75, 3.05) is 14.2 Å². The lowest BCUT2D eigenvalue weighted by atomic mass is 10.1. The topological polar surface area (TPSA) is 43.6 Å². The van der Waals surface area contributed by atoms with Crippen molar-refractivity contribution < 1.29 is 13.9 Å². The van der Waals surface area contributed by atoms with Gasteiger partial charge < -0.3 is 19.2 Å². The third kappa shape index (κ3) is 3.14. The highest BCUT2D eigenvalue weighted by atomic mass is 16.5. The normalized spacial score (nSPS) is 13.8. The second-order valence-corrected chi connectivity index (χ2v) is 4.74. The molecule has 0 spiro atoms. The summed E-state index contributed by atoms with van der Waals surface area (Å²) in [6, 6.07) is 10.1. The highest BCUT2D eigenvalue weighted by Crippen LogP contribution is 2.30. The van der Waals surface area contributed by atoms with Crippen molar-refractivity contribution >= 4 is 0 Å². The maximum Gasteiger partial charge on any atom is 0.161 e. The van der Waals surface area contributed by atoms with Crippen LogP contribution in [0.2, 0.25) is 0 Å². The van der Waals surface area contributed by atoms with E-state index in [1.54, 1.807) is 20.5 Å². The Labute approximate surface area is 119 Å². The number of hydrogen-bond donors (Lipinski definition) is 1.